The lowest BCUT2D eigenvalue weighted by Gasteiger charge is -2.18. The number of rotatable bonds is 7. The molecule has 1 aromatic rings. The van der Waals surface area contributed by atoms with Crippen molar-refractivity contribution in [3.8, 4) is 0 Å². The fraction of sp³-hybridized carbons (Fsp3) is 0.385. The van der Waals surface area contributed by atoms with Crippen molar-refractivity contribution in [1.82, 2.24) is 9.62 Å². The molecular formula is C13H18N2O5S. The second-order valence-corrected chi connectivity index (χ2v) is 6.13. The molecule has 0 unspecified atom stereocenters. The minimum absolute atomic E-state index is 0.00850. The Balaban J connectivity index is 3.05. The summed E-state index contributed by atoms with van der Waals surface area (Å²) in [5, 5.41) is 10.7. The van der Waals surface area contributed by atoms with Gasteiger partial charge in [-0.2, -0.15) is 4.31 Å². The molecule has 0 radical (unpaired) electrons. The fourth-order valence-electron chi connectivity index (χ4n) is 1.77. The summed E-state index contributed by atoms with van der Waals surface area (Å²) in [5.41, 5.74) is 0.101. The molecule has 0 aliphatic rings. The molecule has 1 aromatic carbocycles. The summed E-state index contributed by atoms with van der Waals surface area (Å²) in [6.07, 6.45) is 0. The maximum absolute atomic E-state index is 12.3. The molecule has 21 heavy (non-hydrogen) atoms. The van der Waals surface area contributed by atoms with Crippen molar-refractivity contribution in [1.29, 1.82) is 0 Å². The van der Waals surface area contributed by atoms with E-state index in [0.29, 0.717) is 13.1 Å². The number of carbonyl (C=O) groups excluding carboxylic acids is 1. The van der Waals surface area contributed by atoms with Crippen LogP contribution in [-0.2, 0) is 14.8 Å². The number of nitrogens with one attached hydrogen (secondary N) is 1. The maximum Gasteiger partial charge on any atom is 0.322 e. The lowest BCUT2D eigenvalue weighted by molar-refractivity contribution is -0.135. The number of hydrogen-bond acceptors (Lipinski definition) is 4. The average Bonchev–Trinajstić information content (AvgIpc) is 2.45. The molecule has 1 amide bonds. The lowest BCUT2D eigenvalue weighted by Crippen LogP contribution is -2.31. The third-order valence-corrected chi connectivity index (χ3v) is 4.89. The van der Waals surface area contributed by atoms with Crippen LogP contribution in [-0.4, -0.2) is 49.3 Å². The molecule has 7 nitrogen and oxygen atoms in total. The van der Waals surface area contributed by atoms with E-state index in [9.17, 15) is 18.0 Å². The topological polar surface area (TPSA) is 104 Å². The van der Waals surface area contributed by atoms with Gasteiger partial charge in [-0.25, -0.2) is 8.42 Å². The highest BCUT2D eigenvalue weighted by Gasteiger charge is 2.22. The van der Waals surface area contributed by atoms with Crippen LogP contribution in [0.25, 0.3) is 0 Å². The van der Waals surface area contributed by atoms with E-state index in [1.807, 2.05) is 0 Å². The Morgan fingerprint density at radius 2 is 1.86 bits per heavy atom. The molecule has 0 aliphatic heterocycles. The normalized spacial score (nSPS) is 11.4. The van der Waals surface area contributed by atoms with Gasteiger partial charge in [0, 0.05) is 18.7 Å². The number of carbonyl (C=O) groups is 2. The van der Waals surface area contributed by atoms with Gasteiger partial charge >= 0.3 is 5.97 Å². The molecule has 0 aromatic heterocycles. The Kier molecular flexibility index (Phi) is 5.86. The number of carboxylic acids is 1. The van der Waals surface area contributed by atoms with E-state index in [1.54, 1.807) is 13.8 Å². The largest absolute Gasteiger partial charge is 0.480 e. The zero-order valence-corrected chi connectivity index (χ0v) is 12.7. The van der Waals surface area contributed by atoms with Crippen molar-refractivity contribution >= 4 is 21.9 Å². The second kappa shape index (κ2) is 7.19. The van der Waals surface area contributed by atoms with Crippen molar-refractivity contribution in [3.63, 3.8) is 0 Å². The molecule has 0 atom stereocenters. The number of nitrogens with zero attached hydrogens (tertiary/aromatic N) is 1. The molecule has 0 fully saturated rings. The predicted octanol–water partition coefficient (Wildman–Crippen LogP) is 0.532. The summed E-state index contributed by atoms with van der Waals surface area (Å²) in [6.45, 7) is 3.59. The summed E-state index contributed by atoms with van der Waals surface area (Å²) < 4.78 is 25.9. The summed E-state index contributed by atoms with van der Waals surface area (Å²) in [4.78, 5) is 22.2. The van der Waals surface area contributed by atoms with Gasteiger partial charge in [-0.3, -0.25) is 9.59 Å². The third kappa shape index (κ3) is 4.27. The van der Waals surface area contributed by atoms with Gasteiger partial charge in [-0.05, 0) is 18.2 Å². The first kappa shape index (κ1) is 17.1. The first-order valence-electron chi connectivity index (χ1n) is 6.43. The van der Waals surface area contributed by atoms with Crippen molar-refractivity contribution in [2.24, 2.45) is 0 Å². The minimum atomic E-state index is -3.65. The van der Waals surface area contributed by atoms with E-state index in [4.69, 9.17) is 5.11 Å². The van der Waals surface area contributed by atoms with Crippen LogP contribution in [0, 0.1) is 0 Å². The zero-order chi connectivity index (χ0) is 16.0. The van der Waals surface area contributed by atoms with Gasteiger partial charge in [-0.1, -0.05) is 19.9 Å². The first-order chi connectivity index (χ1) is 9.82. The third-order valence-electron chi connectivity index (χ3n) is 2.84. The van der Waals surface area contributed by atoms with Gasteiger partial charge in [-0.15, -0.1) is 0 Å². The van der Waals surface area contributed by atoms with E-state index < -0.39 is 28.4 Å². The highest BCUT2D eigenvalue weighted by atomic mass is 32.2. The standard InChI is InChI=1S/C13H18N2O5S/c1-3-15(4-2)21(19,20)11-7-5-6-10(8-11)13(18)14-9-12(16)17/h5-8H,3-4,9H2,1-2H3,(H,14,18)(H,16,17). The van der Waals surface area contributed by atoms with E-state index in [-0.39, 0.29) is 10.5 Å². The van der Waals surface area contributed by atoms with Gasteiger partial charge in [0.15, 0.2) is 0 Å². The smallest absolute Gasteiger partial charge is 0.322 e. The Hall–Kier alpha value is -1.93. The molecule has 116 valence electrons. The summed E-state index contributed by atoms with van der Waals surface area (Å²) >= 11 is 0. The van der Waals surface area contributed by atoms with Gasteiger partial charge in [0.05, 0.1) is 4.90 Å². The maximum atomic E-state index is 12.3. The number of benzene rings is 1. The number of carboxylic acid groups (broad SMARTS) is 1. The van der Waals surface area contributed by atoms with Crippen LogP contribution in [0.4, 0.5) is 0 Å². The molecule has 8 heteroatoms. The van der Waals surface area contributed by atoms with E-state index >= 15 is 0 Å². The summed E-state index contributed by atoms with van der Waals surface area (Å²) in [6, 6.07) is 5.52. The zero-order valence-electron chi connectivity index (χ0n) is 11.9. The lowest BCUT2D eigenvalue weighted by atomic mass is 10.2. The average molecular weight is 314 g/mol. The number of amides is 1. The number of sulfonamides is 1. The molecule has 0 saturated heterocycles. The Labute approximate surface area is 123 Å². The predicted molar refractivity (Wildman–Crippen MR) is 76.5 cm³/mol. The molecule has 2 N–H and O–H groups in total. The second-order valence-electron chi connectivity index (χ2n) is 4.19. The Bertz CT molecular complexity index is 623. The van der Waals surface area contributed by atoms with E-state index in [2.05, 4.69) is 5.32 Å². The fourth-order valence-corrected chi connectivity index (χ4v) is 3.27. The van der Waals surface area contributed by atoms with Gasteiger partial charge in [0.1, 0.15) is 6.54 Å². The molecule has 1 rings (SSSR count). The first-order valence-corrected chi connectivity index (χ1v) is 7.87. The minimum Gasteiger partial charge on any atom is -0.480 e. The van der Waals surface area contributed by atoms with Gasteiger partial charge < -0.3 is 10.4 Å². The van der Waals surface area contributed by atoms with Gasteiger partial charge in [0.25, 0.3) is 5.91 Å². The van der Waals surface area contributed by atoms with Crippen molar-refractivity contribution < 1.29 is 23.1 Å². The van der Waals surface area contributed by atoms with Gasteiger partial charge in [0.2, 0.25) is 10.0 Å². The highest BCUT2D eigenvalue weighted by Crippen LogP contribution is 2.16. The van der Waals surface area contributed by atoms with Crippen LogP contribution in [0.1, 0.15) is 24.2 Å². The van der Waals surface area contributed by atoms with Crippen LogP contribution in [0.5, 0.6) is 0 Å². The number of hydrogen-bond donors (Lipinski definition) is 2. The van der Waals surface area contributed by atoms with E-state index in [1.165, 1.54) is 28.6 Å². The van der Waals surface area contributed by atoms with Crippen LogP contribution in [0.15, 0.2) is 29.2 Å². The van der Waals surface area contributed by atoms with Crippen LogP contribution in [0.2, 0.25) is 0 Å². The quantitative estimate of drug-likeness (QED) is 0.764. The summed E-state index contributed by atoms with van der Waals surface area (Å²) in [7, 11) is -3.65. The van der Waals surface area contributed by atoms with Crippen LogP contribution in [0.3, 0.4) is 0 Å². The Morgan fingerprint density at radius 1 is 1.24 bits per heavy atom. The highest BCUT2D eigenvalue weighted by molar-refractivity contribution is 7.89. The molecule has 0 heterocycles. The molecule has 0 aliphatic carbocycles. The molecule has 0 bridgehead atoms. The van der Waals surface area contributed by atoms with Crippen molar-refractivity contribution in [3.05, 3.63) is 29.8 Å². The Morgan fingerprint density at radius 3 is 2.38 bits per heavy atom. The molecule has 0 saturated carbocycles. The van der Waals surface area contributed by atoms with E-state index in [0.717, 1.165) is 0 Å². The van der Waals surface area contributed by atoms with Crippen molar-refractivity contribution in [2.75, 3.05) is 19.6 Å². The van der Waals surface area contributed by atoms with Crippen molar-refractivity contribution in [2.45, 2.75) is 18.7 Å². The number of aliphatic carboxylic acids is 1. The monoisotopic (exact) mass is 314 g/mol. The summed E-state index contributed by atoms with van der Waals surface area (Å²) in [5.74, 6) is -1.80. The van der Waals surface area contributed by atoms with Crippen LogP contribution >= 0.6 is 0 Å². The SMILES string of the molecule is CCN(CC)S(=O)(=O)c1cccc(C(=O)NCC(=O)O)c1. The molecular weight excluding hydrogens is 296 g/mol. The molecule has 0 spiro atoms. The van der Waals surface area contributed by atoms with Crippen LogP contribution < -0.4 is 5.32 Å².